The van der Waals surface area contributed by atoms with Crippen molar-refractivity contribution in [1.29, 1.82) is 0 Å². The van der Waals surface area contributed by atoms with Crippen molar-refractivity contribution in [3.05, 3.63) is 93.9 Å². The van der Waals surface area contributed by atoms with Crippen LogP contribution in [0.1, 0.15) is 28.9 Å². The van der Waals surface area contributed by atoms with Gasteiger partial charge in [-0.15, -0.1) is 0 Å². The van der Waals surface area contributed by atoms with Gasteiger partial charge in [0, 0.05) is 30.4 Å². The fourth-order valence-electron chi connectivity index (χ4n) is 5.80. The highest BCUT2D eigenvalue weighted by atomic mass is 19.1. The number of rotatable bonds is 5. The summed E-state index contributed by atoms with van der Waals surface area (Å²) in [7, 11) is 0. The summed E-state index contributed by atoms with van der Waals surface area (Å²) in [5.74, 6) is -2.51. The first-order chi connectivity index (χ1) is 23.9. The van der Waals surface area contributed by atoms with Crippen molar-refractivity contribution in [3.8, 4) is 28.8 Å². The molecule has 0 saturated carbocycles. The van der Waals surface area contributed by atoms with Gasteiger partial charge < -0.3 is 29.0 Å². The topological polar surface area (TPSA) is 128 Å². The second-order valence-corrected chi connectivity index (χ2v) is 11.2. The van der Waals surface area contributed by atoms with E-state index in [1.54, 1.807) is 12.1 Å². The first-order valence-electron chi connectivity index (χ1n) is 15.7. The summed E-state index contributed by atoms with van der Waals surface area (Å²) in [4.78, 5) is 35.5. The Hall–Kier alpha value is -5.41. The van der Waals surface area contributed by atoms with Crippen LogP contribution in [-0.4, -0.2) is 64.9 Å². The Bertz CT molecular complexity index is 2100. The molecule has 0 spiro atoms. The number of nitrogens with one attached hydrogen (secondary N) is 1. The van der Waals surface area contributed by atoms with Gasteiger partial charge in [0.1, 0.15) is 42.4 Å². The number of halogens is 3. The zero-order chi connectivity index (χ0) is 33.9. The van der Waals surface area contributed by atoms with Gasteiger partial charge in [-0.3, -0.25) is 14.3 Å². The molecule has 0 bridgehead atoms. The fraction of sp³-hybridized carbons (Fsp3) is 0.294. The van der Waals surface area contributed by atoms with E-state index in [1.807, 2.05) is 0 Å². The molecule has 12 nitrogen and oxygen atoms in total. The van der Waals surface area contributed by atoms with E-state index in [1.165, 1.54) is 23.1 Å². The van der Waals surface area contributed by atoms with Gasteiger partial charge in [0.05, 0.1) is 43.0 Å². The van der Waals surface area contributed by atoms with Crippen molar-refractivity contribution in [2.75, 3.05) is 45.0 Å². The minimum Gasteiger partial charge on any atom is -0.487 e. The van der Waals surface area contributed by atoms with E-state index in [2.05, 4.69) is 15.3 Å². The molecule has 0 unspecified atom stereocenters. The van der Waals surface area contributed by atoms with E-state index < -0.39 is 28.9 Å². The SMILES string of the molecule is O=C(Nc1ccc(Oc2ncnc3cc4c(cc23)OCCOCCOCCO4)c(F)c1)c1c2n(n(-c3cc(F)ccc3F)c1=O)CCCC2. The van der Waals surface area contributed by atoms with Gasteiger partial charge in [0.25, 0.3) is 11.5 Å². The molecular formula is C34H30F3N5O7. The third kappa shape index (κ3) is 6.67. The summed E-state index contributed by atoms with van der Waals surface area (Å²) < 4.78 is 75.2. The van der Waals surface area contributed by atoms with E-state index in [9.17, 15) is 18.4 Å². The highest BCUT2D eigenvalue weighted by Gasteiger charge is 2.29. The minimum atomic E-state index is -0.828. The number of nitrogens with zero attached hydrogens (tertiary/aromatic N) is 4. The number of aromatic nitrogens is 4. The number of hydrogen-bond acceptors (Lipinski definition) is 9. The quantitative estimate of drug-likeness (QED) is 0.268. The molecule has 0 atom stereocenters. The van der Waals surface area contributed by atoms with Gasteiger partial charge in [-0.25, -0.2) is 27.8 Å². The number of fused-ring (bicyclic) bond motifs is 3. The van der Waals surface area contributed by atoms with Crippen LogP contribution in [0.15, 0.2) is 59.7 Å². The molecule has 3 aromatic carbocycles. The number of hydrogen-bond donors (Lipinski definition) is 1. The molecule has 2 aliphatic heterocycles. The number of anilines is 1. The van der Waals surface area contributed by atoms with Crippen molar-refractivity contribution >= 4 is 22.5 Å². The standard InChI is InChI=1S/C34H30F3N5O7/c35-20-4-6-23(36)27(15-20)42-34(44)31(26-3-1-2-8-41(26)42)32(43)40-21-5-7-28(24(37)16-21)49-33-22-17-29-30(18-25(22)38-19-39-33)48-14-12-46-10-9-45-11-13-47-29/h4-7,15-19H,1-3,8-14H2,(H,40,43). The number of carbonyl (C=O) groups excluding carboxylic acids is 1. The van der Waals surface area contributed by atoms with Gasteiger partial charge in [-0.2, -0.15) is 0 Å². The Morgan fingerprint density at radius 1 is 0.837 bits per heavy atom. The Balaban J connectivity index is 1.14. The summed E-state index contributed by atoms with van der Waals surface area (Å²) in [6, 6.07) is 9.82. The van der Waals surface area contributed by atoms with Gasteiger partial charge in [0.2, 0.25) is 5.88 Å². The van der Waals surface area contributed by atoms with Gasteiger partial charge >= 0.3 is 0 Å². The molecule has 5 aromatic rings. The molecule has 7 rings (SSSR count). The zero-order valence-electron chi connectivity index (χ0n) is 26.0. The van der Waals surface area contributed by atoms with Gasteiger partial charge in [-0.05, 0) is 49.6 Å². The van der Waals surface area contributed by atoms with E-state index in [0.29, 0.717) is 80.3 Å². The maximum Gasteiger partial charge on any atom is 0.284 e. The summed E-state index contributed by atoms with van der Waals surface area (Å²) in [6.07, 6.45) is 3.02. The molecule has 0 fully saturated rings. The van der Waals surface area contributed by atoms with Crippen molar-refractivity contribution < 1.29 is 41.7 Å². The minimum absolute atomic E-state index is 0.0397. The molecule has 49 heavy (non-hydrogen) atoms. The molecule has 15 heteroatoms. The number of amides is 1. The summed E-state index contributed by atoms with van der Waals surface area (Å²) >= 11 is 0. The summed E-state index contributed by atoms with van der Waals surface area (Å²) in [5, 5.41) is 2.99. The van der Waals surface area contributed by atoms with Crippen LogP contribution in [0.3, 0.4) is 0 Å². The zero-order valence-corrected chi connectivity index (χ0v) is 26.0. The molecular weight excluding hydrogens is 647 g/mol. The van der Waals surface area contributed by atoms with Crippen LogP contribution in [-0.2, 0) is 22.4 Å². The van der Waals surface area contributed by atoms with Crippen molar-refractivity contribution in [3.63, 3.8) is 0 Å². The lowest BCUT2D eigenvalue weighted by Gasteiger charge is -2.19. The highest BCUT2D eigenvalue weighted by Crippen LogP contribution is 2.37. The summed E-state index contributed by atoms with van der Waals surface area (Å²) in [5.41, 5.74) is -0.457. The molecule has 254 valence electrons. The molecule has 2 aliphatic rings. The lowest BCUT2D eigenvalue weighted by atomic mass is 10.1. The van der Waals surface area contributed by atoms with Crippen molar-refractivity contribution in [2.45, 2.75) is 25.8 Å². The van der Waals surface area contributed by atoms with Crippen LogP contribution in [0, 0.1) is 17.5 Å². The lowest BCUT2D eigenvalue weighted by Crippen LogP contribution is -2.26. The summed E-state index contributed by atoms with van der Waals surface area (Å²) in [6.45, 7) is 2.42. The first kappa shape index (κ1) is 32.2. The highest BCUT2D eigenvalue weighted by molar-refractivity contribution is 6.05. The van der Waals surface area contributed by atoms with Crippen molar-refractivity contribution in [1.82, 2.24) is 19.3 Å². The molecule has 0 saturated heterocycles. The van der Waals surface area contributed by atoms with Gasteiger partial charge in [0.15, 0.2) is 23.1 Å². The van der Waals surface area contributed by atoms with E-state index in [4.69, 9.17) is 23.7 Å². The number of carbonyl (C=O) groups is 1. The largest absolute Gasteiger partial charge is 0.487 e. The molecule has 4 heterocycles. The average Bonchev–Trinajstić information content (AvgIpc) is 3.38. The number of benzene rings is 3. The molecule has 0 aliphatic carbocycles. The third-order valence-electron chi connectivity index (χ3n) is 8.05. The predicted octanol–water partition coefficient (Wildman–Crippen LogP) is 5.18. The third-order valence-corrected chi connectivity index (χ3v) is 8.05. The average molecular weight is 678 g/mol. The Labute approximate surface area is 276 Å². The Morgan fingerprint density at radius 3 is 2.37 bits per heavy atom. The van der Waals surface area contributed by atoms with Gasteiger partial charge in [-0.1, -0.05) is 0 Å². The molecule has 1 N–H and O–H groups in total. The fourth-order valence-corrected chi connectivity index (χ4v) is 5.80. The number of ether oxygens (including phenoxy) is 5. The maximum absolute atomic E-state index is 15.4. The Morgan fingerprint density at radius 2 is 1.59 bits per heavy atom. The molecule has 0 radical (unpaired) electrons. The van der Waals surface area contributed by atoms with E-state index in [-0.39, 0.29) is 41.8 Å². The van der Waals surface area contributed by atoms with Crippen LogP contribution in [0.2, 0.25) is 0 Å². The van der Waals surface area contributed by atoms with Crippen LogP contribution in [0.4, 0.5) is 18.9 Å². The monoisotopic (exact) mass is 677 g/mol. The Kier molecular flexibility index (Phi) is 9.17. The van der Waals surface area contributed by atoms with Crippen molar-refractivity contribution in [2.24, 2.45) is 0 Å². The smallest absolute Gasteiger partial charge is 0.284 e. The van der Waals surface area contributed by atoms with E-state index in [0.717, 1.165) is 28.9 Å². The second kappa shape index (κ2) is 14.0. The molecule has 1 amide bonds. The molecule has 2 aromatic heterocycles. The first-order valence-corrected chi connectivity index (χ1v) is 15.7. The van der Waals surface area contributed by atoms with Crippen LogP contribution < -0.4 is 25.1 Å². The van der Waals surface area contributed by atoms with Crippen LogP contribution in [0.5, 0.6) is 23.1 Å². The second-order valence-electron chi connectivity index (χ2n) is 11.2. The predicted molar refractivity (Wildman–Crippen MR) is 169 cm³/mol. The normalized spacial score (nSPS) is 15.2. The lowest BCUT2D eigenvalue weighted by molar-refractivity contribution is 0.0224. The van der Waals surface area contributed by atoms with Crippen LogP contribution in [0.25, 0.3) is 16.6 Å². The van der Waals surface area contributed by atoms with E-state index >= 15 is 4.39 Å². The van der Waals surface area contributed by atoms with Crippen LogP contribution >= 0.6 is 0 Å². The maximum atomic E-state index is 15.4.